The van der Waals surface area contributed by atoms with Crippen LogP contribution in [0.15, 0.2) is 29.2 Å². The van der Waals surface area contributed by atoms with E-state index in [1.165, 1.54) is 18.2 Å². The van der Waals surface area contributed by atoms with E-state index in [9.17, 15) is 21.6 Å². The second-order valence-electron chi connectivity index (χ2n) is 4.90. The molecule has 20 heavy (non-hydrogen) atoms. The Hall–Kier alpha value is -1.08. The van der Waals surface area contributed by atoms with Crippen LogP contribution in [0.3, 0.4) is 0 Å². The molecule has 0 aliphatic carbocycles. The fraction of sp³-hybridized carbons (Fsp3) is 0.538. The third kappa shape index (κ3) is 3.52. The van der Waals surface area contributed by atoms with Crippen LogP contribution >= 0.6 is 0 Å². The Morgan fingerprint density at radius 1 is 1.20 bits per heavy atom. The van der Waals surface area contributed by atoms with Crippen LogP contribution in [0, 0.1) is 5.92 Å². The summed E-state index contributed by atoms with van der Waals surface area (Å²) in [4.78, 5) is -0.659. The maximum Gasteiger partial charge on any atom is 0.501 e. The predicted octanol–water partition coefficient (Wildman–Crippen LogP) is 2.77. The van der Waals surface area contributed by atoms with Crippen molar-refractivity contribution in [2.24, 2.45) is 5.92 Å². The predicted molar refractivity (Wildman–Crippen MR) is 71.1 cm³/mol. The van der Waals surface area contributed by atoms with Crippen LogP contribution in [0.1, 0.15) is 19.4 Å². The second-order valence-corrected chi connectivity index (χ2v) is 6.81. The highest BCUT2D eigenvalue weighted by Gasteiger charge is 2.47. The smallest absolute Gasteiger partial charge is 0.316 e. The quantitative estimate of drug-likeness (QED) is 0.910. The summed E-state index contributed by atoms with van der Waals surface area (Å²) in [6.07, 6.45) is 0.222. The molecule has 0 heterocycles. The molecule has 1 aromatic carbocycles. The van der Waals surface area contributed by atoms with Gasteiger partial charge in [-0.1, -0.05) is 32.0 Å². The lowest BCUT2D eigenvalue weighted by Gasteiger charge is -2.22. The van der Waals surface area contributed by atoms with Gasteiger partial charge in [0.25, 0.3) is 9.84 Å². The second kappa shape index (κ2) is 6.13. The van der Waals surface area contributed by atoms with Crippen LogP contribution in [0.25, 0.3) is 0 Å². The highest BCUT2D eigenvalue weighted by Crippen LogP contribution is 2.32. The molecule has 0 spiro atoms. The number of hydrogen-bond acceptors (Lipinski definition) is 3. The molecule has 0 fully saturated rings. The molecule has 0 aliphatic heterocycles. The van der Waals surface area contributed by atoms with Gasteiger partial charge in [-0.2, -0.15) is 13.2 Å². The summed E-state index contributed by atoms with van der Waals surface area (Å²) in [6, 6.07) is 5.17. The number of alkyl halides is 3. The van der Waals surface area contributed by atoms with Crippen molar-refractivity contribution in [2.45, 2.75) is 36.7 Å². The van der Waals surface area contributed by atoms with E-state index in [4.69, 9.17) is 0 Å². The topological polar surface area (TPSA) is 46.2 Å². The van der Waals surface area contributed by atoms with Gasteiger partial charge in [-0.05, 0) is 31.0 Å². The Bertz CT molecular complexity index is 553. The largest absolute Gasteiger partial charge is 0.501 e. The zero-order valence-corrected chi connectivity index (χ0v) is 12.3. The lowest BCUT2D eigenvalue weighted by molar-refractivity contribution is -0.0436. The first-order valence-electron chi connectivity index (χ1n) is 6.17. The Labute approximate surface area is 117 Å². The Morgan fingerprint density at radius 2 is 1.75 bits per heavy atom. The van der Waals surface area contributed by atoms with Crippen LogP contribution < -0.4 is 5.32 Å². The molecule has 7 heteroatoms. The van der Waals surface area contributed by atoms with Gasteiger partial charge in [0.2, 0.25) is 0 Å². The van der Waals surface area contributed by atoms with Gasteiger partial charge in [-0.3, -0.25) is 0 Å². The lowest BCUT2D eigenvalue weighted by Crippen LogP contribution is -2.33. The van der Waals surface area contributed by atoms with Crippen LogP contribution in [0.2, 0.25) is 0 Å². The minimum Gasteiger partial charge on any atom is -0.316 e. The SMILES string of the molecule is CNC(Cc1ccccc1S(=O)(=O)C(F)(F)F)C(C)C. The van der Waals surface area contributed by atoms with Gasteiger partial charge >= 0.3 is 5.51 Å². The molecule has 3 nitrogen and oxygen atoms in total. The molecule has 0 saturated heterocycles. The van der Waals surface area contributed by atoms with Crippen molar-refractivity contribution in [3.63, 3.8) is 0 Å². The zero-order chi connectivity index (χ0) is 15.6. The molecule has 0 aliphatic rings. The van der Waals surface area contributed by atoms with Gasteiger partial charge < -0.3 is 5.32 Å². The number of benzene rings is 1. The standard InChI is InChI=1S/C13H18F3NO2S/c1-9(2)11(17-3)8-10-6-4-5-7-12(10)20(18,19)13(14,15)16/h4-7,9,11,17H,8H2,1-3H3. The van der Waals surface area contributed by atoms with E-state index in [-0.39, 0.29) is 23.9 Å². The fourth-order valence-electron chi connectivity index (χ4n) is 1.97. The van der Waals surface area contributed by atoms with E-state index in [2.05, 4.69) is 5.32 Å². The van der Waals surface area contributed by atoms with E-state index in [0.29, 0.717) is 0 Å². The molecular weight excluding hydrogens is 291 g/mol. The first-order chi connectivity index (χ1) is 9.11. The third-order valence-corrected chi connectivity index (χ3v) is 4.77. The van der Waals surface area contributed by atoms with Crippen molar-refractivity contribution in [1.29, 1.82) is 0 Å². The van der Waals surface area contributed by atoms with Gasteiger partial charge in [0.05, 0.1) is 4.90 Å². The van der Waals surface area contributed by atoms with Gasteiger partial charge in [0, 0.05) is 6.04 Å². The summed E-state index contributed by atoms with van der Waals surface area (Å²) in [5, 5.41) is 2.99. The molecule has 0 bridgehead atoms. The average molecular weight is 309 g/mol. The van der Waals surface area contributed by atoms with Crippen LogP contribution in [-0.4, -0.2) is 27.0 Å². The number of nitrogens with one attached hydrogen (secondary N) is 1. The van der Waals surface area contributed by atoms with E-state index in [0.717, 1.165) is 6.07 Å². The highest BCUT2D eigenvalue weighted by atomic mass is 32.2. The van der Waals surface area contributed by atoms with E-state index < -0.39 is 20.2 Å². The van der Waals surface area contributed by atoms with Gasteiger partial charge in [0.1, 0.15) is 0 Å². The third-order valence-electron chi connectivity index (χ3n) is 3.18. The zero-order valence-electron chi connectivity index (χ0n) is 11.5. The number of halogens is 3. The fourth-order valence-corrected chi connectivity index (χ4v) is 2.97. The first-order valence-corrected chi connectivity index (χ1v) is 7.66. The first kappa shape index (κ1) is 17.0. The molecule has 1 rings (SSSR count). The number of rotatable bonds is 5. The molecule has 0 radical (unpaired) electrons. The maximum absolute atomic E-state index is 12.7. The maximum atomic E-state index is 12.7. The molecular formula is C13H18F3NO2S. The molecule has 1 aromatic rings. The minimum atomic E-state index is -5.31. The lowest BCUT2D eigenvalue weighted by atomic mass is 9.97. The van der Waals surface area contributed by atoms with Gasteiger partial charge in [-0.15, -0.1) is 0 Å². The van der Waals surface area contributed by atoms with Crippen LogP contribution in [-0.2, 0) is 16.3 Å². The summed E-state index contributed by atoms with van der Waals surface area (Å²) >= 11 is 0. The molecule has 1 N–H and O–H groups in total. The van der Waals surface area contributed by atoms with Crippen molar-refractivity contribution in [2.75, 3.05) is 7.05 Å². The van der Waals surface area contributed by atoms with Gasteiger partial charge in [-0.25, -0.2) is 8.42 Å². The highest BCUT2D eigenvalue weighted by molar-refractivity contribution is 7.92. The number of hydrogen-bond donors (Lipinski definition) is 1. The summed E-state index contributed by atoms with van der Waals surface area (Å²) in [5.74, 6) is 0.168. The van der Waals surface area contributed by atoms with Crippen molar-refractivity contribution < 1.29 is 21.6 Å². The summed E-state index contributed by atoms with van der Waals surface area (Å²) in [5.41, 5.74) is -5.10. The number of sulfone groups is 1. The molecule has 114 valence electrons. The van der Waals surface area contributed by atoms with Crippen molar-refractivity contribution >= 4 is 9.84 Å². The molecule has 1 atom stereocenters. The summed E-state index contributed by atoms with van der Waals surface area (Å²) in [6.45, 7) is 3.84. The Balaban J connectivity index is 3.26. The van der Waals surface area contributed by atoms with Gasteiger partial charge in [0.15, 0.2) is 0 Å². The molecule has 0 amide bonds. The minimum absolute atomic E-state index is 0.0976. The average Bonchev–Trinajstić information content (AvgIpc) is 2.34. The molecule has 0 aromatic heterocycles. The Kier molecular flexibility index (Phi) is 5.21. The molecule has 0 saturated carbocycles. The van der Waals surface area contributed by atoms with Crippen molar-refractivity contribution in [3.8, 4) is 0 Å². The van der Waals surface area contributed by atoms with Crippen molar-refractivity contribution in [3.05, 3.63) is 29.8 Å². The van der Waals surface area contributed by atoms with E-state index in [1.807, 2.05) is 13.8 Å². The van der Waals surface area contributed by atoms with E-state index in [1.54, 1.807) is 7.05 Å². The number of likely N-dealkylation sites (N-methyl/N-ethyl adjacent to an activating group) is 1. The Morgan fingerprint density at radius 3 is 2.20 bits per heavy atom. The van der Waals surface area contributed by atoms with Crippen LogP contribution in [0.4, 0.5) is 13.2 Å². The summed E-state index contributed by atoms with van der Waals surface area (Å²) < 4.78 is 61.2. The monoisotopic (exact) mass is 309 g/mol. The molecule has 1 unspecified atom stereocenters. The van der Waals surface area contributed by atoms with E-state index >= 15 is 0 Å². The summed E-state index contributed by atoms with van der Waals surface area (Å²) in [7, 11) is -3.61. The normalized spacial score (nSPS) is 14.6. The van der Waals surface area contributed by atoms with Crippen LogP contribution in [0.5, 0.6) is 0 Å². The van der Waals surface area contributed by atoms with Crippen molar-refractivity contribution in [1.82, 2.24) is 5.32 Å².